The highest BCUT2D eigenvalue weighted by atomic mass is 19.1. The number of nitrogens with one attached hydrogen (secondary N) is 2. The molecule has 3 aromatic rings. The fraction of sp³-hybridized carbons (Fsp3) is 0.394. The normalized spacial score (nSPS) is 14.6. The minimum absolute atomic E-state index is 0.00153. The van der Waals surface area contributed by atoms with Crippen molar-refractivity contribution in [2.45, 2.75) is 46.9 Å². The number of carboxylic acids is 1. The first-order chi connectivity index (χ1) is 22.2. The molecule has 2 aromatic carbocycles. The summed E-state index contributed by atoms with van der Waals surface area (Å²) in [7, 11) is 0. The zero-order valence-electron chi connectivity index (χ0n) is 27.0. The van der Waals surface area contributed by atoms with Crippen molar-refractivity contribution in [3.8, 4) is 0 Å². The Hall–Kier alpha value is -5.11. The summed E-state index contributed by atoms with van der Waals surface area (Å²) in [6.45, 7) is 9.39. The predicted molar refractivity (Wildman–Crippen MR) is 178 cm³/mol. The minimum Gasteiger partial charge on any atom is -0.477 e. The number of rotatable bonds is 10. The molecule has 0 bridgehead atoms. The number of benzene rings is 2. The molecule has 0 unspecified atom stereocenters. The summed E-state index contributed by atoms with van der Waals surface area (Å²) < 4.78 is 22.3. The standard InChI is InChI=1S/C33H42FN7O6/c1-5-39-18-23(31(44)45)29(43)22-14-24(34)27(15-26(22)39)40-10-12-41(13-11-40)32(46)47-19-20-6-8-21(9-7-20)38-28(42)17-37-16-25(35)30(36)33(2,3)4/h6-9,14-16,18,30,37H,5,10-13,17,19,35-36H2,1-4H3,(H,38,42)(H,44,45)/b25-16-/t30-/m1/s1. The van der Waals surface area contributed by atoms with Crippen molar-refractivity contribution >= 4 is 40.2 Å². The van der Waals surface area contributed by atoms with Crippen LogP contribution in [-0.4, -0.2) is 71.3 Å². The molecule has 7 N–H and O–H groups in total. The largest absolute Gasteiger partial charge is 0.477 e. The Kier molecular flexibility index (Phi) is 10.8. The molecule has 47 heavy (non-hydrogen) atoms. The third kappa shape index (κ3) is 8.38. The van der Waals surface area contributed by atoms with E-state index < -0.39 is 28.9 Å². The third-order valence-electron chi connectivity index (χ3n) is 8.02. The number of piperazine rings is 1. The summed E-state index contributed by atoms with van der Waals surface area (Å²) >= 11 is 0. The molecule has 13 nitrogen and oxygen atoms in total. The molecule has 0 saturated carbocycles. The van der Waals surface area contributed by atoms with Crippen molar-refractivity contribution in [1.82, 2.24) is 14.8 Å². The third-order valence-corrected chi connectivity index (χ3v) is 8.02. The van der Waals surface area contributed by atoms with Crippen LogP contribution >= 0.6 is 0 Å². The van der Waals surface area contributed by atoms with E-state index in [9.17, 15) is 24.3 Å². The highest BCUT2D eigenvalue weighted by Gasteiger charge is 2.26. The van der Waals surface area contributed by atoms with E-state index in [1.165, 1.54) is 11.1 Å². The smallest absolute Gasteiger partial charge is 0.410 e. The van der Waals surface area contributed by atoms with Crippen LogP contribution in [0.1, 0.15) is 43.6 Å². The SMILES string of the molecule is CCn1cc(C(=O)O)c(=O)c2cc(F)c(N3CCN(C(=O)OCc4ccc(NC(=O)CN/C=C(\N)[C@@H](N)C(C)(C)C)cc4)CC3)cc21. The summed E-state index contributed by atoms with van der Waals surface area (Å²) in [5.74, 6) is -2.28. The lowest BCUT2D eigenvalue weighted by molar-refractivity contribution is -0.115. The van der Waals surface area contributed by atoms with Gasteiger partial charge in [0.1, 0.15) is 18.0 Å². The minimum atomic E-state index is -1.37. The first-order valence-corrected chi connectivity index (χ1v) is 15.3. The number of aryl methyl sites for hydroxylation is 1. The molecule has 4 rings (SSSR count). The van der Waals surface area contributed by atoms with Crippen LogP contribution in [0, 0.1) is 11.2 Å². The van der Waals surface area contributed by atoms with E-state index in [0.717, 1.165) is 11.6 Å². The van der Waals surface area contributed by atoms with Crippen LogP contribution in [0.5, 0.6) is 0 Å². The monoisotopic (exact) mass is 651 g/mol. The van der Waals surface area contributed by atoms with E-state index in [0.29, 0.717) is 36.5 Å². The van der Waals surface area contributed by atoms with E-state index in [1.54, 1.807) is 52.9 Å². The number of fused-ring (bicyclic) bond motifs is 1. The van der Waals surface area contributed by atoms with Crippen molar-refractivity contribution in [2.24, 2.45) is 16.9 Å². The summed E-state index contributed by atoms with van der Waals surface area (Å²) in [5.41, 5.74) is 13.2. The zero-order valence-corrected chi connectivity index (χ0v) is 27.0. The van der Waals surface area contributed by atoms with Crippen molar-refractivity contribution in [1.29, 1.82) is 0 Å². The van der Waals surface area contributed by atoms with Crippen LogP contribution in [0.2, 0.25) is 0 Å². The Bertz CT molecular complexity index is 1720. The van der Waals surface area contributed by atoms with Gasteiger partial charge in [-0.25, -0.2) is 14.0 Å². The number of carbonyl (C=O) groups is 3. The number of halogens is 1. The lowest BCUT2D eigenvalue weighted by Gasteiger charge is -2.35. The topological polar surface area (TPSA) is 185 Å². The summed E-state index contributed by atoms with van der Waals surface area (Å²) in [5, 5.41) is 15.0. The number of aromatic carboxylic acids is 1. The number of carbonyl (C=O) groups excluding carboxylic acids is 2. The number of ether oxygens (including phenoxy) is 1. The fourth-order valence-electron chi connectivity index (χ4n) is 5.16. The van der Waals surface area contributed by atoms with Gasteiger partial charge in [-0.2, -0.15) is 0 Å². The lowest BCUT2D eigenvalue weighted by atomic mass is 9.86. The Morgan fingerprint density at radius 3 is 2.36 bits per heavy atom. The second-order valence-electron chi connectivity index (χ2n) is 12.4. The first kappa shape index (κ1) is 34.8. The van der Waals surface area contributed by atoms with Gasteiger partial charge in [0.05, 0.1) is 23.8 Å². The van der Waals surface area contributed by atoms with Gasteiger partial charge < -0.3 is 46.3 Å². The molecular formula is C33H42FN7O6. The molecule has 1 aliphatic rings. The second kappa shape index (κ2) is 14.5. The van der Waals surface area contributed by atoms with Crippen molar-refractivity contribution in [3.63, 3.8) is 0 Å². The van der Waals surface area contributed by atoms with E-state index in [-0.39, 0.29) is 54.7 Å². The van der Waals surface area contributed by atoms with Crippen LogP contribution < -0.4 is 32.4 Å². The molecule has 1 aromatic heterocycles. The second-order valence-corrected chi connectivity index (χ2v) is 12.4. The Balaban J connectivity index is 1.27. The van der Waals surface area contributed by atoms with Gasteiger partial charge in [0.25, 0.3) is 0 Å². The summed E-state index contributed by atoms with van der Waals surface area (Å²) in [4.78, 5) is 52.5. The van der Waals surface area contributed by atoms with Gasteiger partial charge in [0.2, 0.25) is 11.3 Å². The van der Waals surface area contributed by atoms with Crippen molar-refractivity contribution < 1.29 is 28.6 Å². The van der Waals surface area contributed by atoms with E-state index >= 15 is 4.39 Å². The highest BCUT2D eigenvalue weighted by molar-refractivity contribution is 5.94. The number of pyridine rings is 1. The van der Waals surface area contributed by atoms with Crippen molar-refractivity contribution in [2.75, 3.05) is 42.9 Å². The van der Waals surface area contributed by atoms with Crippen LogP contribution in [0.3, 0.4) is 0 Å². The van der Waals surface area contributed by atoms with Gasteiger partial charge in [0, 0.05) is 61.9 Å². The molecule has 1 atom stereocenters. The van der Waals surface area contributed by atoms with Crippen LogP contribution in [0.4, 0.5) is 20.6 Å². The van der Waals surface area contributed by atoms with Crippen molar-refractivity contribution in [3.05, 3.63) is 81.7 Å². The molecule has 0 spiro atoms. The molecule has 1 saturated heterocycles. The summed E-state index contributed by atoms with van der Waals surface area (Å²) in [6, 6.07) is 9.18. The Morgan fingerprint density at radius 1 is 1.11 bits per heavy atom. The molecule has 0 radical (unpaired) electrons. The van der Waals surface area contributed by atoms with Gasteiger partial charge in [-0.1, -0.05) is 32.9 Å². The van der Waals surface area contributed by atoms with Gasteiger partial charge >= 0.3 is 12.1 Å². The fourth-order valence-corrected chi connectivity index (χ4v) is 5.16. The van der Waals surface area contributed by atoms with Gasteiger partial charge in [0.15, 0.2) is 0 Å². The maximum Gasteiger partial charge on any atom is 0.410 e. The first-order valence-electron chi connectivity index (χ1n) is 15.3. The average Bonchev–Trinajstić information content (AvgIpc) is 3.03. The Morgan fingerprint density at radius 2 is 1.77 bits per heavy atom. The number of hydrogen-bond acceptors (Lipinski definition) is 9. The zero-order chi connectivity index (χ0) is 34.5. The molecule has 1 aliphatic heterocycles. The number of nitrogens with zero attached hydrogens (tertiary/aromatic N) is 3. The highest BCUT2D eigenvalue weighted by Crippen LogP contribution is 2.27. The van der Waals surface area contributed by atoms with Gasteiger partial charge in [-0.3, -0.25) is 9.59 Å². The number of aromatic nitrogens is 1. The van der Waals surface area contributed by atoms with E-state index in [1.807, 2.05) is 20.8 Å². The number of amides is 2. The van der Waals surface area contributed by atoms with Gasteiger partial charge in [-0.15, -0.1) is 0 Å². The average molecular weight is 652 g/mol. The molecule has 2 amide bonds. The lowest BCUT2D eigenvalue weighted by Crippen LogP contribution is -2.49. The molecule has 2 heterocycles. The van der Waals surface area contributed by atoms with Gasteiger partial charge in [-0.05, 0) is 42.2 Å². The molecule has 1 fully saturated rings. The van der Waals surface area contributed by atoms with Crippen LogP contribution in [-0.2, 0) is 22.7 Å². The van der Waals surface area contributed by atoms with Crippen LogP contribution in [0.25, 0.3) is 10.9 Å². The number of hydrogen-bond donors (Lipinski definition) is 5. The predicted octanol–water partition coefficient (Wildman–Crippen LogP) is 3.02. The number of carboxylic acid groups (broad SMARTS) is 1. The number of anilines is 2. The Labute approximate surface area is 271 Å². The molecule has 252 valence electrons. The maximum atomic E-state index is 15.2. The quantitative estimate of drug-likeness (QED) is 0.218. The maximum absolute atomic E-state index is 15.2. The number of nitrogens with two attached hydrogens (primary N) is 2. The molecule has 14 heteroatoms. The molecule has 0 aliphatic carbocycles. The summed E-state index contributed by atoms with van der Waals surface area (Å²) in [6.07, 6.45) is 2.30. The molecular weight excluding hydrogens is 609 g/mol. The van der Waals surface area contributed by atoms with E-state index in [4.69, 9.17) is 16.2 Å². The van der Waals surface area contributed by atoms with Crippen LogP contribution in [0.15, 0.2) is 59.3 Å². The van der Waals surface area contributed by atoms with E-state index in [2.05, 4.69) is 10.6 Å².